The Labute approximate surface area is 94.1 Å². The van der Waals surface area contributed by atoms with Crippen molar-refractivity contribution < 1.29 is 4.42 Å². The summed E-state index contributed by atoms with van der Waals surface area (Å²) < 4.78 is 5.33. The first kappa shape index (κ1) is 9.66. The maximum atomic E-state index is 5.33. The molecular formula is C12H15N3O. The molecule has 1 fully saturated rings. The SMILES string of the molecule is c1coc(-c2cnc(C3CCCCN3)[nH]2)c1. The number of piperidine rings is 1. The van der Waals surface area contributed by atoms with Gasteiger partial charge in [-0.1, -0.05) is 6.42 Å². The zero-order chi connectivity index (χ0) is 10.8. The fourth-order valence-electron chi connectivity index (χ4n) is 2.16. The maximum Gasteiger partial charge on any atom is 0.151 e. The third-order valence-corrected chi connectivity index (χ3v) is 3.02. The van der Waals surface area contributed by atoms with Gasteiger partial charge in [-0.05, 0) is 31.5 Å². The minimum atomic E-state index is 0.373. The summed E-state index contributed by atoms with van der Waals surface area (Å²) >= 11 is 0. The Bertz CT molecular complexity index is 441. The van der Waals surface area contributed by atoms with Crippen LogP contribution in [-0.2, 0) is 0 Å². The summed E-state index contributed by atoms with van der Waals surface area (Å²) in [6.45, 7) is 1.08. The van der Waals surface area contributed by atoms with Crippen molar-refractivity contribution in [1.82, 2.24) is 15.3 Å². The molecule has 1 atom stereocenters. The third-order valence-electron chi connectivity index (χ3n) is 3.02. The Kier molecular flexibility index (Phi) is 2.50. The highest BCUT2D eigenvalue weighted by Crippen LogP contribution is 2.23. The number of imidazole rings is 1. The molecule has 0 bridgehead atoms. The molecule has 3 rings (SSSR count). The van der Waals surface area contributed by atoms with Crippen LogP contribution in [0.3, 0.4) is 0 Å². The molecule has 0 saturated carbocycles. The minimum absolute atomic E-state index is 0.373. The lowest BCUT2D eigenvalue weighted by Crippen LogP contribution is -2.27. The first-order chi connectivity index (χ1) is 7.93. The van der Waals surface area contributed by atoms with E-state index in [1.807, 2.05) is 18.3 Å². The Morgan fingerprint density at radius 2 is 2.38 bits per heavy atom. The normalized spacial score (nSPS) is 21.1. The van der Waals surface area contributed by atoms with Gasteiger partial charge < -0.3 is 14.7 Å². The van der Waals surface area contributed by atoms with Gasteiger partial charge in [0.15, 0.2) is 5.76 Å². The Balaban J connectivity index is 1.82. The topological polar surface area (TPSA) is 53.9 Å². The zero-order valence-electron chi connectivity index (χ0n) is 9.07. The van der Waals surface area contributed by atoms with E-state index in [0.717, 1.165) is 30.2 Å². The summed E-state index contributed by atoms with van der Waals surface area (Å²) in [5.74, 6) is 1.86. The van der Waals surface area contributed by atoms with Crippen LogP contribution in [0.2, 0.25) is 0 Å². The maximum absolute atomic E-state index is 5.33. The van der Waals surface area contributed by atoms with Crippen molar-refractivity contribution in [3.63, 3.8) is 0 Å². The van der Waals surface area contributed by atoms with Crippen molar-refractivity contribution in [1.29, 1.82) is 0 Å². The van der Waals surface area contributed by atoms with Crippen LogP contribution >= 0.6 is 0 Å². The van der Waals surface area contributed by atoms with E-state index in [1.54, 1.807) is 6.26 Å². The van der Waals surface area contributed by atoms with Crippen LogP contribution in [0.1, 0.15) is 31.1 Å². The second kappa shape index (κ2) is 4.14. The fraction of sp³-hybridized carbons (Fsp3) is 0.417. The molecule has 1 aliphatic heterocycles. The summed E-state index contributed by atoms with van der Waals surface area (Å²) in [7, 11) is 0. The lowest BCUT2D eigenvalue weighted by Gasteiger charge is -2.21. The summed E-state index contributed by atoms with van der Waals surface area (Å²) in [4.78, 5) is 7.74. The molecule has 0 spiro atoms. The van der Waals surface area contributed by atoms with Gasteiger partial charge in [0.25, 0.3) is 0 Å². The average Bonchev–Trinajstić information content (AvgIpc) is 3.01. The summed E-state index contributed by atoms with van der Waals surface area (Å²) in [6.07, 6.45) is 7.21. The van der Waals surface area contributed by atoms with E-state index in [2.05, 4.69) is 15.3 Å². The number of aromatic nitrogens is 2. The van der Waals surface area contributed by atoms with Crippen LogP contribution in [0.25, 0.3) is 11.5 Å². The molecule has 1 unspecified atom stereocenters. The van der Waals surface area contributed by atoms with Gasteiger partial charge in [-0.15, -0.1) is 0 Å². The van der Waals surface area contributed by atoms with Crippen molar-refractivity contribution in [3.05, 3.63) is 30.4 Å². The lowest BCUT2D eigenvalue weighted by molar-refractivity contribution is 0.399. The number of aromatic amines is 1. The van der Waals surface area contributed by atoms with Gasteiger partial charge in [0.1, 0.15) is 11.5 Å². The highest BCUT2D eigenvalue weighted by Gasteiger charge is 2.18. The molecule has 2 aromatic heterocycles. The number of hydrogen-bond acceptors (Lipinski definition) is 3. The van der Waals surface area contributed by atoms with E-state index in [-0.39, 0.29) is 0 Å². The second-order valence-electron chi connectivity index (χ2n) is 4.16. The number of rotatable bonds is 2. The van der Waals surface area contributed by atoms with Crippen molar-refractivity contribution in [2.75, 3.05) is 6.54 Å². The molecule has 4 nitrogen and oxygen atoms in total. The molecule has 0 aliphatic carbocycles. The van der Waals surface area contributed by atoms with Crippen LogP contribution in [0, 0.1) is 0 Å². The predicted octanol–water partition coefficient (Wildman–Crippen LogP) is 2.48. The molecule has 2 N–H and O–H groups in total. The molecule has 2 aromatic rings. The van der Waals surface area contributed by atoms with Gasteiger partial charge in [0.05, 0.1) is 18.5 Å². The van der Waals surface area contributed by atoms with Crippen molar-refractivity contribution >= 4 is 0 Å². The smallest absolute Gasteiger partial charge is 0.151 e. The van der Waals surface area contributed by atoms with Crippen LogP contribution in [0.15, 0.2) is 29.0 Å². The summed E-state index contributed by atoms with van der Waals surface area (Å²) in [6, 6.07) is 4.19. The lowest BCUT2D eigenvalue weighted by atomic mass is 10.0. The number of hydrogen-bond donors (Lipinski definition) is 2. The number of nitrogens with one attached hydrogen (secondary N) is 2. The van der Waals surface area contributed by atoms with Crippen molar-refractivity contribution in [3.8, 4) is 11.5 Å². The molecule has 84 valence electrons. The molecule has 1 saturated heterocycles. The molecule has 0 radical (unpaired) electrons. The number of nitrogens with zero attached hydrogens (tertiary/aromatic N) is 1. The van der Waals surface area contributed by atoms with Gasteiger partial charge in [0, 0.05) is 0 Å². The van der Waals surface area contributed by atoms with Gasteiger partial charge in [-0.2, -0.15) is 0 Å². The first-order valence-electron chi connectivity index (χ1n) is 5.75. The standard InChI is InChI=1S/C12H15N3O/c1-2-6-13-9(4-1)12-14-8-10(15-12)11-5-3-7-16-11/h3,5,7-9,13H,1-2,4,6H2,(H,14,15). The highest BCUT2D eigenvalue weighted by molar-refractivity contribution is 5.50. The minimum Gasteiger partial charge on any atom is -0.463 e. The summed E-state index contributed by atoms with van der Waals surface area (Å²) in [5, 5.41) is 3.47. The molecule has 3 heterocycles. The van der Waals surface area contributed by atoms with Gasteiger partial charge in [0.2, 0.25) is 0 Å². The van der Waals surface area contributed by atoms with Crippen LogP contribution in [-0.4, -0.2) is 16.5 Å². The average molecular weight is 217 g/mol. The summed E-state index contributed by atoms with van der Waals surface area (Å²) in [5.41, 5.74) is 0.951. The molecule has 0 amide bonds. The van der Waals surface area contributed by atoms with Gasteiger partial charge in [-0.25, -0.2) is 4.98 Å². The van der Waals surface area contributed by atoms with E-state index in [0.29, 0.717) is 6.04 Å². The second-order valence-corrected chi connectivity index (χ2v) is 4.16. The van der Waals surface area contributed by atoms with E-state index in [4.69, 9.17) is 4.42 Å². The Hall–Kier alpha value is -1.55. The fourth-order valence-corrected chi connectivity index (χ4v) is 2.16. The van der Waals surface area contributed by atoms with Crippen LogP contribution in [0.4, 0.5) is 0 Å². The molecule has 4 heteroatoms. The zero-order valence-corrected chi connectivity index (χ0v) is 9.07. The molecular weight excluding hydrogens is 202 g/mol. The molecule has 1 aliphatic rings. The highest BCUT2D eigenvalue weighted by atomic mass is 16.3. The van der Waals surface area contributed by atoms with Crippen LogP contribution in [0.5, 0.6) is 0 Å². The monoisotopic (exact) mass is 217 g/mol. The third kappa shape index (κ3) is 1.76. The predicted molar refractivity (Wildman–Crippen MR) is 60.9 cm³/mol. The van der Waals surface area contributed by atoms with E-state index in [1.165, 1.54) is 12.8 Å². The van der Waals surface area contributed by atoms with E-state index < -0.39 is 0 Å². The van der Waals surface area contributed by atoms with Crippen molar-refractivity contribution in [2.24, 2.45) is 0 Å². The molecule has 0 aromatic carbocycles. The van der Waals surface area contributed by atoms with Crippen molar-refractivity contribution in [2.45, 2.75) is 25.3 Å². The first-order valence-corrected chi connectivity index (χ1v) is 5.75. The van der Waals surface area contributed by atoms with E-state index >= 15 is 0 Å². The quantitative estimate of drug-likeness (QED) is 0.812. The Morgan fingerprint density at radius 3 is 3.12 bits per heavy atom. The van der Waals surface area contributed by atoms with E-state index in [9.17, 15) is 0 Å². The number of furan rings is 1. The van der Waals surface area contributed by atoms with Gasteiger partial charge in [-0.3, -0.25) is 0 Å². The van der Waals surface area contributed by atoms with Crippen LogP contribution < -0.4 is 5.32 Å². The Morgan fingerprint density at radius 1 is 1.38 bits per heavy atom. The van der Waals surface area contributed by atoms with Gasteiger partial charge >= 0.3 is 0 Å². The largest absolute Gasteiger partial charge is 0.463 e. The number of H-pyrrole nitrogens is 1. The molecule has 16 heavy (non-hydrogen) atoms.